The highest BCUT2D eigenvalue weighted by atomic mass is 35.5. The highest BCUT2D eigenvalue weighted by Crippen LogP contribution is 2.10. The smallest absolute Gasteiger partial charge is 0.282 e. The van der Waals surface area contributed by atoms with Crippen molar-refractivity contribution in [2.45, 2.75) is 19.5 Å². The third kappa shape index (κ3) is 4.82. The molecule has 0 radical (unpaired) electrons. The Morgan fingerprint density at radius 2 is 2.00 bits per heavy atom. The van der Waals surface area contributed by atoms with Crippen LogP contribution < -0.4 is 10.2 Å². The molecule has 2 aromatic carbocycles. The van der Waals surface area contributed by atoms with Crippen LogP contribution in [0.25, 0.3) is 0 Å². The second kappa shape index (κ2) is 7.77. The van der Waals surface area contributed by atoms with Crippen LogP contribution in [0.1, 0.15) is 18.1 Å². The fourth-order valence-electron chi connectivity index (χ4n) is 2.22. The van der Waals surface area contributed by atoms with Gasteiger partial charge in [0.2, 0.25) is 0 Å². The molecular weight excluding hydrogens is 310 g/mol. The number of benzene rings is 2. The molecule has 0 aromatic heterocycles. The van der Waals surface area contributed by atoms with Gasteiger partial charge in [0.1, 0.15) is 6.54 Å². The lowest BCUT2D eigenvalue weighted by Crippen LogP contribution is -3.12. The second-order valence-electron chi connectivity index (χ2n) is 5.55. The number of carbonyl (C=O) groups excluding carboxylic acids is 1. The van der Waals surface area contributed by atoms with E-state index in [9.17, 15) is 4.79 Å². The summed E-state index contributed by atoms with van der Waals surface area (Å²) in [5, 5.41) is 12.4. The number of carbonyl (C=O) groups is 1. The van der Waals surface area contributed by atoms with Crippen molar-refractivity contribution in [1.82, 2.24) is 0 Å². The summed E-state index contributed by atoms with van der Waals surface area (Å²) in [6, 6.07) is 16.3. The summed E-state index contributed by atoms with van der Waals surface area (Å²) in [5.41, 5.74) is 2.35. The van der Waals surface area contributed by atoms with Crippen LogP contribution >= 0.6 is 11.6 Å². The van der Waals surface area contributed by atoms with Crippen molar-refractivity contribution in [2.24, 2.45) is 0 Å². The van der Waals surface area contributed by atoms with Crippen molar-refractivity contribution in [1.29, 1.82) is 5.26 Å². The first kappa shape index (κ1) is 17.0. The Bertz CT molecular complexity index is 722. The number of quaternary nitrogens is 1. The number of rotatable bonds is 5. The lowest BCUT2D eigenvalue weighted by molar-refractivity contribution is -0.907. The van der Waals surface area contributed by atoms with Crippen LogP contribution in [0.3, 0.4) is 0 Å². The summed E-state index contributed by atoms with van der Waals surface area (Å²) in [4.78, 5) is 13.4. The SMILES string of the molecule is C[C@@H](C(=O)Nc1ccc(C#N)cc1)[NH+](C)Cc1cccc(Cl)c1. The predicted molar refractivity (Wildman–Crippen MR) is 91.3 cm³/mol. The zero-order valence-electron chi connectivity index (χ0n) is 13.1. The molecule has 2 rings (SSSR count). The topological polar surface area (TPSA) is 57.3 Å². The molecular formula is C18H19ClN3O+. The highest BCUT2D eigenvalue weighted by molar-refractivity contribution is 6.30. The third-order valence-electron chi connectivity index (χ3n) is 3.79. The van der Waals surface area contributed by atoms with Gasteiger partial charge in [-0.2, -0.15) is 5.26 Å². The van der Waals surface area contributed by atoms with Crippen LogP contribution in [-0.2, 0) is 11.3 Å². The van der Waals surface area contributed by atoms with Crippen molar-refractivity contribution in [2.75, 3.05) is 12.4 Å². The minimum absolute atomic E-state index is 0.0609. The largest absolute Gasteiger partial charge is 0.324 e. The van der Waals surface area contributed by atoms with Crippen LogP contribution in [0.4, 0.5) is 5.69 Å². The lowest BCUT2D eigenvalue weighted by atomic mass is 10.1. The number of nitrogens with zero attached hydrogens (tertiary/aromatic N) is 1. The van der Waals surface area contributed by atoms with E-state index in [0.29, 0.717) is 22.8 Å². The van der Waals surface area contributed by atoms with Gasteiger partial charge in [-0.25, -0.2) is 0 Å². The molecule has 5 heteroatoms. The molecule has 0 saturated carbocycles. The molecule has 0 aliphatic heterocycles. The maximum absolute atomic E-state index is 12.3. The Kier molecular flexibility index (Phi) is 5.75. The van der Waals surface area contributed by atoms with Crippen molar-refractivity contribution in [3.05, 3.63) is 64.7 Å². The first-order valence-electron chi connectivity index (χ1n) is 7.37. The van der Waals surface area contributed by atoms with E-state index in [-0.39, 0.29) is 11.9 Å². The lowest BCUT2D eigenvalue weighted by Gasteiger charge is -2.21. The molecule has 1 amide bonds. The first-order valence-corrected chi connectivity index (χ1v) is 7.75. The fourth-order valence-corrected chi connectivity index (χ4v) is 2.44. The number of hydrogen-bond donors (Lipinski definition) is 2. The Morgan fingerprint density at radius 3 is 2.61 bits per heavy atom. The Morgan fingerprint density at radius 1 is 1.30 bits per heavy atom. The predicted octanol–water partition coefficient (Wildman–Crippen LogP) is 2.25. The van der Waals surface area contributed by atoms with Crippen LogP contribution in [0, 0.1) is 11.3 Å². The van der Waals surface area contributed by atoms with Gasteiger partial charge in [-0.1, -0.05) is 23.7 Å². The normalized spacial score (nSPS) is 13.0. The summed E-state index contributed by atoms with van der Waals surface area (Å²) in [5.74, 6) is -0.0609. The van der Waals surface area contributed by atoms with Gasteiger partial charge < -0.3 is 10.2 Å². The van der Waals surface area contributed by atoms with Gasteiger partial charge in [0, 0.05) is 16.3 Å². The minimum Gasteiger partial charge on any atom is -0.324 e. The number of likely N-dealkylation sites (N-methyl/N-ethyl adjacent to an activating group) is 1. The molecule has 0 bridgehead atoms. The van der Waals surface area contributed by atoms with E-state index in [1.807, 2.05) is 38.2 Å². The van der Waals surface area contributed by atoms with Gasteiger partial charge in [0.15, 0.2) is 6.04 Å². The Balaban J connectivity index is 1.96. The van der Waals surface area contributed by atoms with Gasteiger partial charge in [-0.3, -0.25) is 4.79 Å². The Hall–Kier alpha value is -2.35. The van der Waals surface area contributed by atoms with Crippen LogP contribution in [0.5, 0.6) is 0 Å². The maximum Gasteiger partial charge on any atom is 0.282 e. The molecule has 2 atom stereocenters. The molecule has 2 aromatic rings. The number of nitrogens with one attached hydrogen (secondary N) is 2. The fraction of sp³-hybridized carbons (Fsp3) is 0.222. The molecule has 2 N–H and O–H groups in total. The molecule has 4 nitrogen and oxygen atoms in total. The number of amides is 1. The molecule has 23 heavy (non-hydrogen) atoms. The van der Waals surface area contributed by atoms with E-state index in [4.69, 9.17) is 16.9 Å². The second-order valence-corrected chi connectivity index (χ2v) is 5.99. The van der Waals surface area contributed by atoms with Crippen molar-refractivity contribution in [3.8, 4) is 6.07 Å². The maximum atomic E-state index is 12.3. The van der Waals surface area contributed by atoms with Crippen molar-refractivity contribution >= 4 is 23.2 Å². The summed E-state index contributed by atoms with van der Waals surface area (Å²) in [6.45, 7) is 2.60. The monoisotopic (exact) mass is 328 g/mol. The van der Waals surface area contributed by atoms with Gasteiger partial charge in [-0.15, -0.1) is 0 Å². The first-order chi connectivity index (χ1) is 11.0. The highest BCUT2D eigenvalue weighted by Gasteiger charge is 2.22. The molecule has 1 unspecified atom stereocenters. The summed E-state index contributed by atoms with van der Waals surface area (Å²) in [7, 11) is 1.98. The van der Waals surface area contributed by atoms with E-state index >= 15 is 0 Å². The number of nitriles is 1. The van der Waals surface area contributed by atoms with Gasteiger partial charge in [0.25, 0.3) is 5.91 Å². The van der Waals surface area contributed by atoms with Crippen LogP contribution in [-0.4, -0.2) is 19.0 Å². The average molecular weight is 329 g/mol. The van der Waals surface area contributed by atoms with E-state index < -0.39 is 0 Å². The molecule has 0 fully saturated rings. The minimum atomic E-state index is -0.218. The van der Waals surface area contributed by atoms with Crippen molar-refractivity contribution < 1.29 is 9.69 Å². The average Bonchev–Trinajstić information content (AvgIpc) is 2.54. The van der Waals surface area contributed by atoms with Crippen LogP contribution in [0.2, 0.25) is 5.02 Å². The zero-order valence-corrected chi connectivity index (χ0v) is 13.9. The molecule has 0 spiro atoms. The van der Waals surface area contributed by atoms with E-state index in [2.05, 4.69) is 11.4 Å². The summed E-state index contributed by atoms with van der Waals surface area (Å²) < 4.78 is 0. The molecule has 0 aliphatic carbocycles. The number of anilines is 1. The standard InChI is InChI=1S/C18H18ClN3O/c1-13(22(2)12-15-4-3-5-16(19)10-15)18(23)21-17-8-6-14(11-20)7-9-17/h3-10,13H,12H2,1-2H3,(H,21,23)/p+1/t13-/m0/s1. The quantitative estimate of drug-likeness (QED) is 0.884. The van der Waals surface area contributed by atoms with Crippen LogP contribution in [0.15, 0.2) is 48.5 Å². The third-order valence-corrected chi connectivity index (χ3v) is 4.02. The zero-order chi connectivity index (χ0) is 16.8. The molecule has 0 saturated heterocycles. The van der Waals surface area contributed by atoms with Gasteiger partial charge >= 0.3 is 0 Å². The van der Waals surface area contributed by atoms with Gasteiger partial charge in [-0.05, 0) is 43.3 Å². The summed E-state index contributed by atoms with van der Waals surface area (Å²) in [6.07, 6.45) is 0. The summed E-state index contributed by atoms with van der Waals surface area (Å²) >= 11 is 5.99. The van der Waals surface area contributed by atoms with E-state index in [0.717, 1.165) is 10.5 Å². The molecule has 118 valence electrons. The molecule has 0 heterocycles. The molecule has 0 aliphatic rings. The van der Waals surface area contributed by atoms with E-state index in [1.165, 1.54) is 0 Å². The van der Waals surface area contributed by atoms with E-state index in [1.54, 1.807) is 24.3 Å². The number of hydrogen-bond acceptors (Lipinski definition) is 2. The van der Waals surface area contributed by atoms with Gasteiger partial charge in [0.05, 0.1) is 18.7 Å². The van der Waals surface area contributed by atoms with Crippen molar-refractivity contribution in [3.63, 3.8) is 0 Å². The Labute approximate surface area is 141 Å². The number of halogens is 1.